The summed E-state index contributed by atoms with van der Waals surface area (Å²) in [7, 11) is 0. The zero-order chi connectivity index (χ0) is 20.8. The summed E-state index contributed by atoms with van der Waals surface area (Å²) < 4.78 is 2.23. The van der Waals surface area contributed by atoms with Crippen LogP contribution in [0, 0.1) is 5.92 Å². The van der Waals surface area contributed by atoms with E-state index in [1.54, 1.807) is 0 Å². The summed E-state index contributed by atoms with van der Waals surface area (Å²) in [5, 5.41) is 3.15. The zero-order valence-electron chi connectivity index (χ0n) is 18.2. The number of carbonyl (C=O) groups is 1. The van der Waals surface area contributed by atoms with Crippen molar-refractivity contribution in [1.82, 2.24) is 24.7 Å². The summed E-state index contributed by atoms with van der Waals surface area (Å²) in [5.41, 5.74) is 1.16. The van der Waals surface area contributed by atoms with Crippen LogP contribution < -0.4 is 5.32 Å². The van der Waals surface area contributed by atoms with Gasteiger partial charge in [-0.1, -0.05) is 30.3 Å². The van der Waals surface area contributed by atoms with Gasteiger partial charge in [0.25, 0.3) is 0 Å². The van der Waals surface area contributed by atoms with Gasteiger partial charge in [0.1, 0.15) is 5.82 Å². The molecule has 1 aromatic carbocycles. The molecule has 0 spiro atoms. The van der Waals surface area contributed by atoms with Gasteiger partial charge in [0.05, 0.1) is 12.5 Å². The van der Waals surface area contributed by atoms with E-state index in [4.69, 9.17) is 0 Å². The van der Waals surface area contributed by atoms with Gasteiger partial charge in [-0.2, -0.15) is 0 Å². The third-order valence-electron chi connectivity index (χ3n) is 6.71. The van der Waals surface area contributed by atoms with Gasteiger partial charge in [-0.05, 0) is 44.7 Å². The molecule has 4 rings (SSSR count). The van der Waals surface area contributed by atoms with Crippen molar-refractivity contribution < 1.29 is 4.79 Å². The van der Waals surface area contributed by atoms with Crippen molar-refractivity contribution >= 4 is 5.91 Å². The normalized spacial score (nSPS) is 21.6. The molecule has 2 aliphatic heterocycles. The van der Waals surface area contributed by atoms with Crippen molar-refractivity contribution in [1.29, 1.82) is 0 Å². The second kappa shape index (κ2) is 10.2. The summed E-state index contributed by atoms with van der Waals surface area (Å²) in [6, 6.07) is 10.8. The Hall–Kier alpha value is -2.18. The molecule has 162 valence electrons. The molecular weight excluding hydrogens is 374 g/mol. The number of imidazole rings is 1. The van der Waals surface area contributed by atoms with Crippen molar-refractivity contribution in [2.75, 3.05) is 26.2 Å². The van der Waals surface area contributed by atoms with Crippen LogP contribution in [0.15, 0.2) is 42.7 Å². The van der Waals surface area contributed by atoms with Crippen LogP contribution in [0.2, 0.25) is 0 Å². The Morgan fingerprint density at radius 3 is 2.70 bits per heavy atom. The Morgan fingerprint density at radius 2 is 1.93 bits per heavy atom. The van der Waals surface area contributed by atoms with E-state index in [9.17, 15) is 4.79 Å². The molecule has 1 N–H and O–H groups in total. The van der Waals surface area contributed by atoms with E-state index < -0.39 is 0 Å². The number of piperidine rings is 2. The summed E-state index contributed by atoms with van der Waals surface area (Å²) in [6.45, 7) is 8.98. The number of nitrogens with zero attached hydrogens (tertiary/aromatic N) is 4. The van der Waals surface area contributed by atoms with Gasteiger partial charge in [-0.15, -0.1) is 0 Å². The number of hydrogen-bond acceptors (Lipinski definition) is 4. The molecule has 0 bridgehead atoms. The molecule has 2 fully saturated rings. The first-order valence-corrected chi connectivity index (χ1v) is 11.5. The highest BCUT2D eigenvalue weighted by Gasteiger charge is 2.31. The van der Waals surface area contributed by atoms with Crippen LogP contribution in [0.3, 0.4) is 0 Å². The molecule has 30 heavy (non-hydrogen) atoms. The van der Waals surface area contributed by atoms with Gasteiger partial charge in [-0.3, -0.25) is 14.6 Å². The molecule has 2 aliphatic rings. The molecule has 2 aromatic rings. The molecule has 0 aliphatic carbocycles. The molecule has 0 saturated carbocycles. The van der Waals surface area contributed by atoms with E-state index in [0.29, 0.717) is 12.6 Å². The lowest BCUT2D eigenvalue weighted by atomic mass is 9.93. The van der Waals surface area contributed by atoms with Crippen LogP contribution >= 0.6 is 0 Å². The molecule has 1 amide bonds. The lowest BCUT2D eigenvalue weighted by Crippen LogP contribution is -2.50. The second-order valence-corrected chi connectivity index (χ2v) is 8.67. The van der Waals surface area contributed by atoms with Crippen molar-refractivity contribution in [3.05, 3.63) is 54.1 Å². The van der Waals surface area contributed by atoms with Crippen LogP contribution in [0.4, 0.5) is 0 Å². The highest BCUT2D eigenvalue weighted by molar-refractivity contribution is 5.78. The third kappa shape index (κ3) is 5.29. The number of likely N-dealkylation sites (tertiary alicyclic amines) is 2. The van der Waals surface area contributed by atoms with Crippen LogP contribution in [-0.2, 0) is 24.4 Å². The average molecular weight is 410 g/mol. The van der Waals surface area contributed by atoms with Crippen LogP contribution in [-0.4, -0.2) is 57.5 Å². The van der Waals surface area contributed by atoms with Crippen molar-refractivity contribution in [2.45, 2.75) is 58.3 Å². The highest BCUT2D eigenvalue weighted by atomic mass is 16.1. The number of amides is 1. The average Bonchev–Trinajstić information content (AvgIpc) is 3.26. The minimum Gasteiger partial charge on any atom is -0.352 e. The monoisotopic (exact) mass is 409 g/mol. The largest absolute Gasteiger partial charge is 0.352 e. The molecule has 1 aromatic heterocycles. The number of aromatic nitrogens is 2. The first-order chi connectivity index (χ1) is 14.7. The fraction of sp³-hybridized carbons (Fsp3) is 0.583. The Morgan fingerprint density at radius 1 is 1.13 bits per heavy atom. The van der Waals surface area contributed by atoms with E-state index in [1.807, 2.05) is 24.4 Å². The Balaban J connectivity index is 1.23. The number of benzene rings is 1. The quantitative estimate of drug-likeness (QED) is 0.764. The number of carbonyl (C=O) groups excluding carboxylic acids is 1. The maximum Gasteiger partial charge on any atom is 0.224 e. The predicted octanol–water partition coefficient (Wildman–Crippen LogP) is 2.90. The number of hydrogen-bond donors (Lipinski definition) is 1. The summed E-state index contributed by atoms with van der Waals surface area (Å²) in [4.78, 5) is 22.4. The number of rotatable bonds is 7. The van der Waals surface area contributed by atoms with E-state index >= 15 is 0 Å². The Labute approximate surface area is 180 Å². The minimum atomic E-state index is 0.123. The molecule has 1 atom stereocenters. The summed E-state index contributed by atoms with van der Waals surface area (Å²) in [5.74, 6) is 1.51. The van der Waals surface area contributed by atoms with E-state index in [1.165, 1.54) is 18.7 Å². The lowest BCUT2D eigenvalue weighted by Gasteiger charge is -2.42. The van der Waals surface area contributed by atoms with Gasteiger partial charge in [0.15, 0.2) is 0 Å². The standard InChI is InChI=1S/C24H35N5O/c1-2-28-16-12-25-23(28)19-27-14-10-22(11-15-27)29-13-6-9-21(18-29)24(30)26-17-20-7-4-3-5-8-20/h3-5,7-8,12,16,21-22H,2,6,9-11,13-15,17-19H2,1H3,(H,26,30). The molecule has 6 nitrogen and oxygen atoms in total. The van der Waals surface area contributed by atoms with Gasteiger partial charge >= 0.3 is 0 Å². The fourth-order valence-corrected chi connectivity index (χ4v) is 4.90. The van der Waals surface area contributed by atoms with Crippen molar-refractivity contribution in [3.8, 4) is 0 Å². The molecule has 0 radical (unpaired) electrons. The maximum atomic E-state index is 12.7. The summed E-state index contributed by atoms with van der Waals surface area (Å²) >= 11 is 0. The number of nitrogens with one attached hydrogen (secondary N) is 1. The van der Waals surface area contributed by atoms with E-state index in [2.05, 4.69) is 49.9 Å². The van der Waals surface area contributed by atoms with E-state index in [-0.39, 0.29) is 11.8 Å². The first kappa shape index (κ1) is 21.1. The maximum absolute atomic E-state index is 12.7. The van der Waals surface area contributed by atoms with Crippen molar-refractivity contribution in [3.63, 3.8) is 0 Å². The topological polar surface area (TPSA) is 53.4 Å². The SMILES string of the molecule is CCn1ccnc1CN1CCC(N2CCCC(C(=O)NCc3ccccc3)C2)CC1. The molecule has 6 heteroatoms. The number of aryl methyl sites for hydroxylation is 1. The van der Waals surface area contributed by atoms with Gasteiger partial charge < -0.3 is 9.88 Å². The molecule has 1 unspecified atom stereocenters. The van der Waals surface area contributed by atoms with Gasteiger partial charge in [0, 0.05) is 51.2 Å². The Bertz CT molecular complexity index is 797. The molecular formula is C24H35N5O. The predicted molar refractivity (Wildman–Crippen MR) is 119 cm³/mol. The van der Waals surface area contributed by atoms with Gasteiger partial charge in [0.2, 0.25) is 5.91 Å². The van der Waals surface area contributed by atoms with Crippen LogP contribution in [0.1, 0.15) is 44.0 Å². The smallest absolute Gasteiger partial charge is 0.224 e. The highest BCUT2D eigenvalue weighted by Crippen LogP contribution is 2.24. The van der Waals surface area contributed by atoms with Crippen LogP contribution in [0.25, 0.3) is 0 Å². The van der Waals surface area contributed by atoms with E-state index in [0.717, 1.165) is 57.7 Å². The second-order valence-electron chi connectivity index (χ2n) is 8.67. The fourth-order valence-electron chi connectivity index (χ4n) is 4.90. The minimum absolute atomic E-state index is 0.123. The Kier molecular flexibility index (Phi) is 7.18. The molecule has 2 saturated heterocycles. The first-order valence-electron chi connectivity index (χ1n) is 11.5. The molecule has 3 heterocycles. The lowest BCUT2D eigenvalue weighted by molar-refractivity contribution is -0.127. The third-order valence-corrected chi connectivity index (χ3v) is 6.71. The van der Waals surface area contributed by atoms with Crippen molar-refractivity contribution in [2.24, 2.45) is 5.92 Å². The zero-order valence-corrected chi connectivity index (χ0v) is 18.2. The van der Waals surface area contributed by atoms with Crippen LogP contribution in [0.5, 0.6) is 0 Å². The summed E-state index contributed by atoms with van der Waals surface area (Å²) in [6.07, 6.45) is 8.48. The van der Waals surface area contributed by atoms with Gasteiger partial charge in [-0.25, -0.2) is 4.98 Å².